The summed E-state index contributed by atoms with van der Waals surface area (Å²) in [6, 6.07) is 8.29. The summed E-state index contributed by atoms with van der Waals surface area (Å²) in [6.45, 7) is 11.2. The van der Waals surface area contributed by atoms with Crippen molar-refractivity contribution in [2.75, 3.05) is 63.2 Å². The highest BCUT2D eigenvalue weighted by Crippen LogP contribution is 2.25. The molecule has 0 unspecified atom stereocenters. The zero-order chi connectivity index (χ0) is 21.0. The summed E-state index contributed by atoms with van der Waals surface area (Å²) in [5.41, 5.74) is 4.41. The molecule has 0 saturated carbocycles. The van der Waals surface area contributed by atoms with Crippen LogP contribution in [0.2, 0.25) is 0 Å². The Hall–Kier alpha value is -2.67. The van der Waals surface area contributed by atoms with Crippen molar-refractivity contribution in [2.24, 2.45) is 0 Å². The molecule has 0 bridgehead atoms. The second-order valence-electron chi connectivity index (χ2n) is 7.91. The average molecular weight is 397 g/mol. The van der Waals surface area contributed by atoms with E-state index in [9.17, 15) is 4.79 Å². The van der Waals surface area contributed by atoms with E-state index in [4.69, 9.17) is 0 Å². The number of hydrogen-bond acceptors (Lipinski definition) is 6. The van der Waals surface area contributed by atoms with Crippen LogP contribution in [0, 0.1) is 20.8 Å². The zero-order valence-electron chi connectivity index (χ0n) is 18.2. The first-order valence-electron chi connectivity index (χ1n) is 10.2. The Balaban J connectivity index is 1.66. The van der Waals surface area contributed by atoms with Crippen molar-refractivity contribution in [3.05, 3.63) is 46.9 Å². The van der Waals surface area contributed by atoms with Gasteiger partial charge in [0.05, 0.1) is 0 Å². The van der Waals surface area contributed by atoms with Crippen molar-refractivity contribution in [3.8, 4) is 0 Å². The van der Waals surface area contributed by atoms with Gasteiger partial charge in [-0.15, -0.1) is 0 Å². The average Bonchev–Trinajstić information content (AvgIpc) is 2.69. The summed E-state index contributed by atoms with van der Waals surface area (Å²) >= 11 is 0. The van der Waals surface area contributed by atoms with Crippen molar-refractivity contribution >= 4 is 17.4 Å². The minimum absolute atomic E-state index is 0.146. The number of hydrogen-bond donors (Lipinski definition) is 1. The van der Waals surface area contributed by atoms with Crippen LogP contribution in [0.5, 0.6) is 0 Å². The Morgan fingerprint density at radius 3 is 2.45 bits per heavy atom. The van der Waals surface area contributed by atoms with Crippen molar-refractivity contribution in [2.45, 2.75) is 20.8 Å². The monoisotopic (exact) mass is 396 g/mol. The molecule has 0 atom stereocenters. The highest BCUT2D eigenvalue weighted by Gasteiger charge is 2.21. The highest BCUT2D eigenvalue weighted by molar-refractivity contribution is 5.93. The molecule has 0 radical (unpaired) electrons. The lowest BCUT2D eigenvalue weighted by Gasteiger charge is -2.37. The lowest BCUT2D eigenvalue weighted by Crippen LogP contribution is -2.47. The van der Waals surface area contributed by atoms with Crippen molar-refractivity contribution < 1.29 is 4.79 Å². The predicted octanol–water partition coefficient (Wildman–Crippen LogP) is 2.02. The second kappa shape index (κ2) is 9.22. The molecule has 1 amide bonds. The molecule has 1 fully saturated rings. The third-order valence-corrected chi connectivity index (χ3v) is 5.42. The van der Waals surface area contributed by atoms with Crippen LogP contribution in [0.25, 0.3) is 0 Å². The number of nitrogens with zero attached hydrogens (tertiary/aromatic N) is 5. The molecular formula is C22H32N6O. The Bertz CT molecular complexity index is 858. The smallest absolute Gasteiger partial charge is 0.270 e. The van der Waals surface area contributed by atoms with Crippen LogP contribution in [0.4, 0.5) is 11.5 Å². The molecule has 3 rings (SSSR count). The minimum atomic E-state index is -0.146. The standard InChI is InChI=1S/C22H32N6O/c1-16-7-6-8-20(17(16)2)27-11-13-28(14-12-27)21-15-19(24-18(3)25-21)22(29)23-9-10-26(4)5/h6-8,15H,9-14H2,1-5H3,(H,23,29). The largest absolute Gasteiger partial charge is 0.368 e. The maximum atomic E-state index is 12.5. The number of carbonyl (C=O) groups is 1. The summed E-state index contributed by atoms with van der Waals surface area (Å²) in [7, 11) is 3.97. The van der Waals surface area contributed by atoms with E-state index in [1.165, 1.54) is 16.8 Å². The Morgan fingerprint density at radius 1 is 1.07 bits per heavy atom. The number of nitrogens with one attached hydrogen (secondary N) is 1. The SMILES string of the molecule is Cc1nc(C(=O)NCCN(C)C)cc(N2CCN(c3cccc(C)c3C)CC2)n1. The van der Waals surface area contributed by atoms with Crippen molar-refractivity contribution in [1.29, 1.82) is 0 Å². The van der Waals surface area contributed by atoms with Crippen molar-refractivity contribution in [1.82, 2.24) is 20.2 Å². The third kappa shape index (κ3) is 5.23. The number of piperazine rings is 1. The van der Waals surface area contributed by atoms with Gasteiger partial charge in [-0.2, -0.15) is 0 Å². The van der Waals surface area contributed by atoms with Gasteiger partial charge in [-0.3, -0.25) is 4.79 Å². The van der Waals surface area contributed by atoms with Gasteiger partial charge in [0, 0.05) is 51.0 Å². The molecule has 2 heterocycles. The Morgan fingerprint density at radius 2 is 1.76 bits per heavy atom. The topological polar surface area (TPSA) is 64.6 Å². The fraction of sp³-hybridized carbons (Fsp3) is 0.500. The summed E-state index contributed by atoms with van der Waals surface area (Å²) in [5, 5.41) is 2.93. The van der Waals surface area contributed by atoms with Gasteiger partial charge in [-0.25, -0.2) is 9.97 Å². The van der Waals surface area contributed by atoms with E-state index in [1.807, 2.05) is 32.0 Å². The molecule has 29 heavy (non-hydrogen) atoms. The molecule has 1 N–H and O–H groups in total. The van der Waals surface area contributed by atoms with Crippen LogP contribution in [0.15, 0.2) is 24.3 Å². The van der Waals surface area contributed by atoms with Gasteiger partial charge in [-0.05, 0) is 52.1 Å². The first-order chi connectivity index (χ1) is 13.8. The van der Waals surface area contributed by atoms with Gasteiger partial charge >= 0.3 is 0 Å². The van der Waals surface area contributed by atoms with E-state index in [2.05, 4.69) is 57.1 Å². The molecule has 1 aliphatic heterocycles. The molecule has 156 valence electrons. The van der Waals surface area contributed by atoms with Gasteiger partial charge in [0.15, 0.2) is 0 Å². The van der Waals surface area contributed by atoms with Crippen LogP contribution < -0.4 is 15.1 Å². The predicted molar refractivity (Wildman–Crippen MR) is 118 cm³/mol. The van der Waals surface area contributed by atoms with Crippen LogP contribution >= 0.6 is 0 Å². The van der Waals surface area contributed by atoms with Crippen LogP contribution in [0.1, 0.15) is 27.4 Å². The van der Waals surface area contributed by atoms with E-state index in [0.717, 1.165) is 38.5 Å². The number of aromatic nitrogens is 2. The normalized spacial score (nSPS) is 14.4. The number of carbonyl (C=O) groups excluding carboxylic acids is 1. The second-order valence-corrected chi connectivity index (χ2v) is 7.91. The highest BCUT2D eigenvalue weighted by atomic mass is 16.1. The number of rotatable bonds is 6. The van der Waals surface area contributed by atoms with Crippen LogP contribution in [-0.2, 0) is 0 Å². The molecule has 7 nitrogen and oxygen atoms in total. The van der Waals surface area contributed by atoms with Gasteiger partial charge in [0.2, 0.25) is 0 Å². The third-order valence-electron chi connectivity index (χ3n) is 5.42. The van der Waals surface area contributed by atoms with Crippen LogP contribution in [0.3, 0.4) is 0 Å². The number of anilines is 2. The van der Waals surface area contributed by atoms with E-state index in [0.29, 0.717) is 18.1 Å². The fourth-order valence-corrected chi connectivity index (χ4v) is 3.57. The molecule has 7 heteroatoms. The molecule has 1 aliphatic rings. The van der Waals surface area contributed by atoms with E-state index in [-0.39, 0.29) is 5.91 Å². The van der Waals surface area contributed by atoms with E-state index in [1.54, 1.807) is 0 Å². The van der Waals surface area contributed by atoms with E-state index < -0.39 is 0 Å². The lowest BCUT2D eigenvalue weighted by molar-refractivity contribution is 0.0945. The summed E-state index contributed by atoms with van der Waals surface area (Å²) in [5.74, 6) is 1.31. The zero-order valence-corrected chi connectivity index (χ0v) is 18.2. The summed E-state index contributed by atoms with van der Waals surface area (Å²) < 4.78 is 0. The number of amides is 1. The number of likely N-dealkylation sites (N-methyl/N-ethyl adjacent to an activating group) is 1. The fourth-order valence-electron chi connectivity index (χ4n) is 3.57. The van der Waals surface area contributed by atoms with Crippen molar-refractivity contribution in [3.63, 3.8) is 0 Å². The quantitative estimate of drug-likeness (QED) is 0.806. The summed E-state index contributed by atoms with van der Waals surface area (Å²) in [6.07, 6.45) is 0. The first kappa shape index (κ1) is 21.0. The molecule has 1 saturated heterocycles. The minimum Gasteiger partial charge on any atom is -0.368 e. The first-order valence-corrected chi connectivity index (χ1v) is 10.2. The molecular weight excluding hydrogens is 364 g/mol. The van der Waals surface area contributed by atoms with Gasteiger partial charge in [0.25, 0.3) is 5.91 Å². The number of aryl methyl sites for hydroxylation is 2. The Labute approximate surface area is 173 Å². The lowest BCUT2D eigenvalue weighted by atomic mass is 10.1. The molecule has 0 spiro atoms. The van der Waals surface area contributed by atoms with Gasteiger partial charge in [0.1, 0.15) is 17.3 Å². The maximum absolute atomic E-state index is 12.5. The summed E-state index contributed by atoms with van der Waals surface area (Å²) in [4.78, 5) is 28.1. The molecule has 1 aromatic heterocycles. The Kier molecular flexibility index (Phi) is 6.69. The van der Waals surface area contributed by atoms with Crippen LogP contribution in [-0.4, -0.2) is 74.1 Å². The van der Waals surface area contributed by atoms with E-state index >= 15 is 0 Å². The molecule has 0 aliphatic carbocycles. The molecule has 2 aromatic rings. The van der Waals surface area contributed by atoms with Gasteiger partial charge < -0.3 is 20.0 Å². The number of benzene rings is 1. The molecule has 1 aromatic carbocycles. The maximum Gasteiger partial charge on any atom is 0.270 e. The van der Waals surface area contributed by atoms with Gasteiger partial charge in [-0.1, -0.05) is 12.1 Å².